The van der Waals surface area contributed by atoms with Gasteiger partial charge < -0.3 is 4.90 Å². The molecular formula is C15H28N2O. The van der Waals surface area contributed by atoms with Crippen molar-refractivity contribution in [3.05, 3.63) is 0 Å². The van der Waals surface area contributed by atoms with Gasteiger partial charge in [-0.25, -0.2) is 0 Å². The first-order valence-electron chi connectivity index (χ1n) is 7.53. The van der Waals surface area contributed by atoms with E-state index in [-0.39, 0.29) is 11.7 Å². The van der Waals surface area contributed by atoms with Gasteiger partial charge in [-0.1, -0.05) is 33.6 Å². The zero-order valence-electron chi connectivity index (χ0n) is 12.4. The van der Waals surface area contributed by atoms with E-state index in [4.69, 9.17) is 0 Å². The number of carbonyl (C=O) groups is 1. The van der Waals surface area contributed by atoms with Gasteiger partial charge in [0.05, 0.1) is 11.7 Å². The van der Waals surface area contributed by atoms with Crippen molar-refractivity contribution in [2.45, 2.75) is 77.9 Å². The third-order valence-corrected chi connectivity index (χ3v) is 4.98. The van der Waals surface area contributed by atoms with E-state index >= 15 is 0 Å². The summed E-state index contributed by atoms with van der Waals surface area (Å²) in [4.78, 5) is 14.8. The highest BCUT2D eigenvalue weighted by Gasteiger charge is 2.48. The number of hydrogen-bond acceptors (Lipinski definition) is 2. The molecule has 0 aromatic heterocycles. The topological polar surface area (TPSA) is 32.3 Å². The number of hydrogen-bond donors (Lipinski definition) is 1. The molecule has 2 atom stereocenters. The number of rotatable bonds is 5. The van der Waals surface area contributed by atoms with E-state index in [1.807, 2.05) is 0 Å². The van der Waals surface area contributed by atoms with Crippen LogP contribution < -0.4 is 5.32 Å². The molecule has 2 aliphatic rings. The third-order valence-electron chi connectivity index (χ3n) is 4.98. The molecule has 1 aliphatic heterocycles. The molecule has 0 radical (unpaired) electrons. The second-order valence-electron chi connectivity index (χ2n) is 6.73. The Labute approximate surface area is 111 Å². The van der Waals surface area contributed by atoms with Crippen LogP contribution in [0.15, 0.2) is 0 Å². The minimum absolute atomic E-state index is 0.255. The molecule has 1 N–H and O–H groups in total. The standard InChI is InChI=1S/C15H28N2O/c1-5-8-12-16-15(4,6-2)13(18)17(12)11-14(3)9-7-10-14/h12,16H,5-11H2,1-4H3. The van der Waals surface area contributed by atoms with Crippen molar-refractivity contribution in [2.75, 3.05) is 6.54 Å². The zero-order chi connectivity index (χ0) is 13.4. The van der Waals surface area contributed by atoms with Crippen LogP contribution in [0.1, 0.15) is 66.2 Å². The molecule has 0 bridgehead atoms. The normalized spacial score (nSPS) is 34.8. The maximum Gasteiger partial charge on any atom is 0.243 e. The van der Waals surface area contributed by atoms with E-state index in [1.54, 1.807) is 0 Å². The molecule has 3 heteroatoms. The molecule has 1 amide bonds. The monoisotopic (exact) mass is 252 g/mol. The molecule has 0 spiro atoms. The quantitative estimate of drug-likeness (QED) is 0.816. The van der Waals surface area contributed by atoms with Crippen LogP contribution in [0, 0.1) is 5.41 Å². The van der Waals surface area contributed by atoms with Gasteiger partial charge in [0, 0.05) is 6.54 Å². The van der Waals surface area contributed by atoms with Gasteiger partial charge >= 0.3 is 0 Å². The zero-order valence-corrected chi connectivity index (χ0v) is 12.4. The lowest BCUT2D eigenvalue weighted by atomic mass is 9.70. The average molecular weight is 252 g/mol. The van der Waals surface area contributed by atoms with Crippen LogP contribution >= 0.6 is 0 Å². The van der Waals surface area contributed by atoms with E-state index < -0.39 is 0 Å². The summed E-state index contributed by atoms with van der Waals surface area (Å²) in [5.74, 6) is 0.316. The summed E-state index contributed by atoms with van der Waals surface area (Å²) in [5, 5.41) is 3.56. The fraction of sp³-hybridized carbons (Fsp3) is 0.933. The molecule has 1 aliphatic carbocycles. The fourth-order valence-electron chi connectivity index (χ4n) is 3.25. The molecular weight excluding hydrogens is 224 g/mol. The van der Waals surface area contributed by atoms with Crippen LogP contribution in [0.5, 0.6) is 0 Å². The van der Waals surface area contributed by atoms with Crippen LogP contribution in [0.25, 0.3) is 0 Å². The fourth-order valence-corrected chi connectivity index (χ4v) is 3.25. The Kier molecular flexibility index (Phi) is 3.72. The number of nitrogens with zero attached hydrogens (tertiary/aromatic N) is 1. The van der Waals surface area contributed by atoms with Crippen molar-refractivity contribution in [3.8, 4) is 0 Å². The van der Waals surface area contributed by atoms with Crippen LogP contribution in [0.3, 0.4) is 0 Å². The van der Waals surface area contributed by atoms with Gasteiger partial charge in [0.2, 0.25) is 5.91 Å². The van der Waals surface area contributed by atoms with Crippen molar-refractivity contribution in [3.63, 3.8) is 0 Å². The molecule has 0 aromatic carbocycles. The third kappa shape index (κ3) is 2.29. The van der Waals surface area contributed by atoms with Crippen LogP contribution in [0.2, 0.25) is 0 Å². The summed E-state index contributed by atoms with van der Waals surface area (Å²) in [5.41, 5.74) is 0.0439. The van der Waals surface area contributed by atoms with Crippen molar-refractivity contribution in [1.29, 1.82) is 0 Å². The second kappa shape index (κ2) is 4.84. The van der Waals surface area contributed by atoms with Crippen molar-refractivity contribution < 1.29 is 4.79 Å². The number of nitrogens with one attached hydrogen (secondary N) is 1. The maximum atomic E-state index is 12.6. The highest BCUT2D eigenvalue weighted by molar-refractivity contribution is 5.88. The second-order valence-corrected chi connectivity index (χ2v) is 6.73. The van der Waals surface area contributed by atoms with Gasteiger partial charge in [-0.2, -0.15) is 0 Å². The minimum Gasteiger partial charge on any atom is -0.325 e. The average Bonchev–Trinajstić information content (AvgIpc) is 2.53. The van der Waals surface area contributed by atoms with Gasteiger partial charge in [-0.05, 0) is 38.0 Å². The SMILES string of the molecule is CCCC1NC(C)(CC)C(=O)N1CC1(C)CCC1. The van der Waals surface area contributed by atoms with Gasteiger partial charge in [0.15, 0.2) is 0 Å². The van der Waals surface area contributed by atoms with Crippen LogP contribution in [0.4, 0.5) is 0 Å². The molecule has 3 nitrogen and oxygen atoms in total. The summed E-state index contributed by atoms with van der Waals surface area (Å²) in [7, 11) is 0. The summed E-state index contributed by atoms with van der Waals surface area (Å²) < 4.78 is 0. The van der Waals surface area contributed by atoms with E-state index in [0.29, 0.717) is 11.3 Å². The summed E-state index contributed by atoms with van der Waals surface area (Å²) in [6.45, 7) is 9.62. The minimum atomic E-state index is -0.333. The van der Waals surface area contributed by atoms with E-state index in [9.17, 15) is 4.79 Å². The lowest BCUT2D eigenvalue weighted by Gasteiger charge is -2.42. The van der Waals surface area contributed by atoms with Gasteiger partial charge in [0.25, 0.3) is 0 Å². The first-order valence-corrected chi connectivity index (χ1v) is 7.53. The first kappa shape index (κ1) is 13.9. The van der Waals surface area contributed by atoms with E-state index in [2.05, 4.69) is 37.9 Å². The molecule has 18 heavy (non-hydrogen) atoms. The first-order chi connectivity index (χ1) is 8.44. The Morgan fingerprint density at radius 1 is 1.33 bits per heavy atom. The Balaban J connectivity index is 2.11. The summed E-state index contributed by atoms with van der Waals surface area (Å²) in [6.07, 6.45) is 7.20. The number of amides is 1. The van der Waals surface area contributed by atoms with Crippen molar-refractivity contribution >= 4 is 5.91 Å². The summed E-state index contributed by atoms with van der Waals surface area (Å²) in [6, 6.07) is 0. The molecule has 1 saturated heterocycles. The van der Waals surface area contributed by atoms with E-state index in [1.165, 1.54) is 19.3 Å². The molecule has 2 fully saturated rings. The van der Waals surface area contributed by atoms with Gasteiger partial charge in [-0.15, -0.1) is 0 Å². The highest BCUT2D eigenvalue weighted by atomic mass is 16.2. The Bertz CT molecular complexity index is 324. The smallest absolute Gasteiger partial charge is 0.243 e. The van der Waals surface area contributed by atoms with Gasteiger partial charge in [-0.3, -0.25) is 10.1 Å². The molecule has 1 saturated carbocycles. The Morgan fingerprint density at radius 3 is 2.44 bits per heavy atom. The van der Waals surface area contributed by atoms with Crippen molar-refractivity contribution in [2.24, 2.45) is 5.41 Å². The molecule has 0 aromatic rings. The van der Waals surface area contributed by atoms with Gasteiger partial charge in [0.1, 0.15) is 0 Å². The van der Waals surface area contributed by atoms with E-state index in [0.717, 1.165) is 25.8 Å². The van der Waals surface area contributed by atoms with Crippen LogP contribution in [-0.4, -0.2) is 29.1 Å². The van der Waals surface area contributed by atoms with Crippen molar-refractivity contribution in [1.82, 2.24) is 10.2 Å². The predicted molar refractivity (Wildman–Crippen MR) is 74.2 cm³/mol. The Morgan fingerprint density at radius 2 is 2.00 bits per heavy atom. The molecule has 2 unspecified atom stereocenters. The largest absolute Gasteiger partial charge is 0.325 e. The molecule has 1 heterocycles. The lowest BCUT2D eigenvalue weighted by Crippen LogP contribution is -2.46. The molecule has 2 rings (SSSR count). The number of carbonyl (C=O) groups excluding carboxylic acids is 1. The molecule has 104 valence electrons. The highest BCUT2D eigenvalue weighted by Crippen LogP contribution is 2.42. The summed E-state index contributed by atoms with van der Waals surface area (Å²) >= 11 is 0. The maximum absolute atomic E-state index is 12.6. The van der Waals surface area contributed by atoms with Crippen LogP contribution in [-0.2, 0) is 4.79 Å². The Hall–Kier alpha value is -0.570. The lowest BCUT2D eigenvalue weighted by molar-refractivity contribution is -0.135. The predicted octanol–water partition coefficient (Wildman–Crippen LogP) is 2.90.